The van der Waals surface area contributed by atoms with Gasteiger partial charge in [-0.2, -0.15) is 0 Å². The Balaban J connectivity index is 2.09. The van der Waals surface area contributed by atoms with Gasteiger partial charge in [0, 0.05) is 11.8 Å². The second-order valence-corrected chi connectivity index (χ2v) is 5.10. The Bertz CT molecular complexity index is 395. The number of aryl methyl sites for hydroxylation is 2. The minimum atomic E-state index is -0.257. The van der Waals surface area contributed by atoms with Crippen LogP contribution in [0.2, 0.25) is 0 Å². The smallest absolute Gasteiger partial charge is 0.130 e. The van der Waals surface area contributed by atoms with Gasteiger partial charge in [0.25, 0.3) is 0 Å². The Kier molecular flexibility index (Phi) is 4.53. The van der Waals surface area contributed by atoms with Crippen molar-refractivity contribution >= 4 is 5.82 Å². The van der Waals surface area contributed by atoms with Crippen LogP contribution >= 0.6 is 0 Å². The summed E-state index contributed by atoms with van der Waals surface area (Å²) in [6, 6.07) is 2.12. The summed E-state index contributed by atoms with van der Waals surface area (Å²) >= 11 is 0. The summed E-state index contributed by atoms with van der Waals surface area (Å²) in [5.41, 5.74) is 1.05. The van der Waals surface area contributed by atoms with Crippen molar-refractivity contribution in [3.63, 3.8) is 0 Å². The van der Waals surface area contributed by atoms with Crippen LogP contribution < -0.4 is 5.32 Å². The maximum absolute atomic E-state index is 10.1. The first-order chi connectivity index (χ1) is 8.69. The highest BCUT2D eigenvalue weighted by molar-refractivity contribution is 5.37. The molecule has 1 aromatic heterocycles. The third-order valence-corrected chi connectivity index (χ3v) is 3.57. The van der Waals surface area contributed by atoms with E-state index in [0.29, 0.717) is 0 Å². The van der Waals surface area contributed by atoms with Crippen molar-refractivity contribution in [2.45, 2.75) is 64.5 Å². The molecule has 1 heterocycles. The van der Waals surface area contributed by atoms with Gasteiger partial charge >= 0.3 is 0 Å². The molecular formula is C14H23N3O. The molecule has 1 aliphatic rings. The van der Waals surface area contributed by atoms with E-state index in [1.54, 1.807) is 0 Å². The lowest BCUT2D eigenvalue weighted by Gasteiger charge is -2.22. The standard InChI is InChI=1S/C14H23N3O/c1-3-11-9-14(16-10(2)15-11)17-12-7-5-4-6-8-13(12)18/h9,12-13,18H,3-8H2,1-2H3,(H,15,16,17). The largest absolute Gasteiger partial charge is 0.391 e. The Morgan fingerprint density at radius 1 is 1.28 bits per heavy atom. The summed E-state index contributed by atoms with van der Waals surface area (Å²) in [5, 5.41) is 13.5. The van der Waals surface area contributed by atoms with Crippen LogP contribution in [0.3, 0.4) is 0 Å². The first kappa shape index (κ1) is 13.3. The number of aliphatic hydroxyl groups excluding tert-OH is 1. The SMILES string of the molecule is CCc1cc(NC2CCCCCC2O)nc(C)n1. The van der Waals surface area contributed by atoms with E-state index in [-0.39, 0.29) is 12.1 Å². The predicted molar refractivity (Wildman–Crippen MR) is 72.6 cm³/mol. The molecule has 1 fully saturated rings. The second kappa shape index (κ2) is 6.14. The summed E-state index contributed by atoms with van der Waals surface area (Å²) in [5.74, 6) is 1.64. The second-order valence-electron chi connectivity index (χ2n) is 5.10. The molecule has 0 aromatic carbocycles. The summed E-state index contributed by atoms with van der Waals surface area (Å²) in [6.07, 6.45) is 6.09. The van der Waals surface area contributed by atoms with Crippen LogP contribution in [0, 0.1) is 6.92 Å². The van der Waals surface area contributed by atoms with Gasteiger partial charge in [-0.25, -0.2) is 9.97 Å². The van der Waals surface area contributed by atoms with Crippen molar-refractivity contribution in [3.8, 4) is 0 Å². The van der Waals surface area contributed by atoms with Gasteiger partial charge in [0.1, 0.15) is 11.6 Å². The Morgan fingerprint density at radius 2 is 2.06 bits per heavy atom. The van der Waals surface area contributed by atoms with E-state index in [2.05, 4.69) is 22.2 Å². The van der Waals surface area contributed by atoms with Crippen molar-refractivity contribution in [2.24, 2.45) is 0 Å². The van der Waals surface area contributed by atoms with Crippen LogP contribution in [0.5, 0.6) is 0 Å². The van der Waals surface area contributed by atoms with Crippen molar-refractivity contribution < 1.29 is 5.11 Å². The molecule has 0 amide bonds. The lowest BCUT2D eigenvalue weighted by molar-refractivity contribution is 0.144. The minimum Gasteiger partial charge on any atom is -0.391 e. The molecule has 0 radical (unpaired) electrons. The van der Waals surface area contributed by atoms with Crippen LogP contribution in [-0.2, 0) is 6.42 Å². The van der Waals surface area contributed by atoms with E-state index >= 15 is 0 Å². The molecule has 1 saturated carbocycles. The highest BCUT2D eigenvalue weighted by atomic mass is 16.3. The number of aromatic nitrogens is 2. The molecule has 18 heavy (non-hydrogen) atoms. The van der Waals surface area contributed by atoms with Crippen molar-refractivity contribution in [1.82, 2.24) is 9.97 Å². The number of anilines is 1. The fourth-order valence-corrected chi connectivity index (χ4v) is 2.53. The quantitative estimate of drug-likeness (QED) is 0.808. The van der Waals surface area contributed by atoms with Crippen LogP contribution in [0.25, 0.3) is 0 Å². The lowest BCUT2D eigenvalue weighted by atomic mass is 10.1. The van der Waals surface area contributed by atoms with Crippen molar-refractivity contribution in [2.75, 3.05) is 5.32 Å². The number of hydrogen-bond donors (Lipinski definition) is 2. The number of nitrogens with zero attached hydrogens (tertiary/aromatic N) is 2. The van der Waals surface area contributed by atoms with Crippen molar-refractivity contribution in [1.29, 1.82) is 0 Å². The number of rotatable bonds is 3. The van der Waals surface area contributed by atoms with E-state index in [1.807, 2.05) is 13.0 Å². The summed E-state index contributed by atoms with van der Waals surface area (Å²) in [6.45, 7) is 4.00. The molecule has 2 unspecified atom stereocenters. The van der Waals surface area contributed by atoms with Gasteiger partial charge in [-0.3, -0.25) is 0 Å². The summed E-state index contributed by atoms with van der Waals surface area (Å²) in [7, 11) is 0. The highest BCUT2D eigenvalue weighted by Gasteiger charge is 2.21. The van der Waals surface area contributed by atoms with E-state index in [4.69, 9.17) is 0 Å². The molecule has 0 spiro atoms. The van der Waals surface area contributed by atoms with E-state index < -0.39 is 0 Å². The molecule has 100 valence electrons. The molecule has 0 saturated heterocycles. The molecule has 4 nitrogen and oxygen atoms in total. The first-order valence-electron chi connectivity index (χ1n) is 6.98. The van der Waals surface area contributed by atoms with Gasteiger partial charge in [-0.15, -0.1) is 0 Å². The molecule has 2 rings (SSSR count). The molecule has 2 N–H and O–H groups in total. The van der Waals surface area contributed by atoms with Crippen LogP contribution in [0.1, 0.15) is 50.5 Å². The summed E-state index contributed by atoms with van der Waals surface area (Å²) in [4.78, 5) is 8.78. The van der Waals surface area contributed by atoms with Gasteiger partial charge < -0.3 is 10.4 Å². The van der Waals surface area contributed by atoms with E-state index in [9.17, 15) is 5.11 Å². The molecule has 0 aliphatic heterocycles. The van der Waals surface area contributed by atoms with Gasteiger partial charge in [0.05, 0.1) is 12.1 Å². The number of nitrogens with one attached hydrogen (secondary N) is 1. The molecule has 4 heteroatoms. The molecule has 1 aliphatic carbocycles. The average Bonchev–Trinajstić information content (AvgIpc) is 2.54. The van der Waals surface area contributed by atoms with Crippen molar-refractivity contribution in [3.05, 3.63) is 17.6 Å². The zero-order valence-corrected chi connectivity index (χ0v) is 11.3. The molecule has 2 atom stereocenters. The Morgan fingerprint density at radius 3 is 2.83 bits per heavy atom. The third-order valence-electron chi connectivity index (χ3n) is 3.57. The van der Waals surface area contributed by atoms with Gasteiger partial charge in [-0.1, -0.05) is 26.2 Å². The molecule has 1 aromatic rings. The summed E-state index contributed by atoms with van der Waals surface area (Å²) < 4.78 is 0. The lowest BCUT2D eigenvalue weighted by Crippen LogP contribution is -2.32. The zero-order valence-electron chi connectivity index (χ0n) is 11.3. The first-order valence-corrected chi connectivity index (χ1v) is 6.98. The zero-order chi connectivity index (χ0) is 13.0. The number of aliphatic hydroxyl groups is 1. The molecular weight excluding hydrogens is 226 g/mol. The monoisotopic (exact) mass is 249 g/mol. The normalized spacial score (nSPS) is 24.6. The van der Waals surface area contributed by atoms with Crippen LogP contribution in [-0.4, -0.2) is 27.2 Å². The van der Waals surface area contributed by atoms with E-state index in [1.165, 1.54) is 12.8 Å². The molecule has 0 bridgehead atoms. The maximum atomic E-state index is 10.1. The third kappa shape index (κ3) is 3.42. The maximum Gasteiger partial charge on any atom is 0.130 e. The highest BCUT2D eigenvalue weighted by Crippen LogP contribution is 2.21. The Labute approximate surface area is 109 Å². The van der Waals surface area contributed by atoms with E-state index in [0.717, 1.165) is 43.0 Å². The van der Waals surface area contributed by atoms with Crippen LogP contribution in [0.4, 0.5) is 5.82 Å². The van der Waals surface area contributed by atoms with Gasteiger partial charge in [0.15, 0.2) is 0 Å². The van der Waals surface area contributed by atoms with Crippen LogP contribution in [0.15, 0.2) is 6.07 Å². The Hall–Kier alpha value is -1.16. The van der Waals surface area contributed by atoms with Gasteiger partial charge in [0.2, 0.25) is 0 Å². The predicted octanol–water partition coefficient (Wildman–Crippen LogP) is 2.45. The van der Waals surface area contributed by atoms with Gasteiger partial charge in [-0.05, 0) is 26.2 Å². The average molecular weight is 249 g/mol. The number of hydrogen-bond acceptors (Lipinski definition) is 4. The fraction of sp³-hybridized carbons (Fsp3) is 0.714. The topological polar surface area (TPSA) is 58.0 Å². The fourth-order valence-electron chi connectivity index (χ4n) is 2.53. The minimum absolute atomic E-state index is 0.131.